The molecule has 0 aliphatic carbocycles. The van der Waals surface area contributed by atoms with Gasteiger partial charge in [-0.05, 0) is 45.8 Å². The Morgan fingerprint density at radius 2 is 1.83 bits per heavy atom. The molecule has 0 aliphatic heterocycles. The summed E-state index contributed by atoms with van der Waals surface area (Å²) in [6.45, 7) is 0. The Kier molecular flexibility index (Phi) is 4.81. The second-order valence-corrected chi connectivity index (χ2v) is 5.64. The fourth-order valence-corrected chi connectivity index (χ4v) is 2.35. The van der Waals surface area contributed by atoms with Crippen molar-refractivity contribution < 1.29 is 4.39 Å². The first-order valence-electron chi connectivity index (χ1n) is 7.03. The number of hydrazone groups is 1. The van der Waals surface area contributed by atoms with E-state index in [1.54, 1.807) is 24.3 Å². The van der Waals surface area contributed by atoms with E-state index in [0.29, 0.717) is 15.8 Å². The number of hydrogen-bond acceptors (Lipinski definition) is 4. The van der Waals surface area contributed by atoms with Crippen LogP contribution >= 0.6 is 15.9 Å². The summed E-state index contributed by atoms with van der Waals surface area (Å²) in [6, 6.07) is 15.0. The molecule has 0 fully saturated rings. The average Bonchev–Trinajstić information content (AvgIpc) is 2.61. The highest BCUT2D eigenvalue weighted by Gasteiger charge is 2.09. The molecule has 0 amide bonds. The van der Waals surface area contributed by atoms with Crippen LogP contribution in [0.25, 0.3) is 5.69 Å². The van der Waals surface area contributed by atoms with Gasteiger partial charge in [-0.15, -0.1) is 0 Å². The number of rotatable bonds is 4. The summed E-state index contributed by atoms with van der Waals surface area (Å²) in [5, 5.41) is 8.17. The Morgan fingerprint density at radius 3 is 2.54 bits per heavy atom. The minimum Gasteiger partial charge on any atom is -0.275 e. The van der Waals surface area contributed by atoms with E-state index in [4.69, 9.17) is 0 Å². The minimum atomic E-state index is -0.309. The molecule has 120 valence electrons. The maximum atomic E-state index is 12.8. The van der Waals surface area contributed by atoms with Crippen LogP contribution in [0.2, 0.25) is 0 Å². The van der Waals surface area contributed by atoms with Crippen LogP contribution in [-0.2, 0) is 0 Å². The lowest BCUT2D eigenvalue weighted by atomic mass is 10.2. The zero-order chi connectivity index (χ0) is 16.9. The smallest absolute Gasteiger partial charge is 0.275 e. The van der Waals surface area contributed by atoms with Gasteiger partial charge in [0.05, 0.1) is 23.8 Å². The number of para-hydroxylation sites is 1. The van der Waals surface area contributed by atoms with E-state index in [-0.39, 0.29) is 11.4 Å². The molecule has 2 aromatic carbocycles. The van der Waals surface area contributed by atoms with Crippen LogP contribution in [0.1, 0.15) is 5.56 Å². The molecule has 7 heteroatoms. The minimum absolute atomic E-state index is 0.303. The topological polar surface area (TPSA) is 59.3 Å². The van der Waals surface area contributed by atoms with Crippen LogP contribution < -0.4 is 11.0 Å². The van der Waals surface area contributed by atoms with E-state index in [1.165, 1.54) is 29.2 Å². The van der Waals surface area contributed by atoms with Gasteiger partial charge in [0.2, 0.25) is 0 Å². The highest BCUT2D eigenvalue weighted by molar-refractivity contribution is 9.10. The number of benzene rings is 2. The summed E-state index contributed by atoms with van der Waals surface area (Å²) in [6.07, 6.45) is 3.02. The third-order valence-corrected chi connectivity index (χ3v) is 3.95. The predicted molar refractivity (Wildman–Crippen MR) is 95.2 cm³/mol. The van der Waals surface area contributed by atoms with Crippen LogP contribution in [0.5, 0.6) is 0 Å². The number of nitrogens with zero attached hydrogens (tertiary/aromatic N) is 3. The summed E-state index contributed by atoms with van der Waals surface area (Å²) in [7, 11) is 0. The highest BCUT2D eigenvalue weighted by atomic mass is 79.9. The van der Waals surface area contributed by atoms with Crippen LogP contribution in [0.15, 0.2) is 75.2 Å². The summed E-state index contributed by atoms with van der Waals surface area (Å²) in [4.78, 5) is 12.4. The van der Waals surface area contributed by atoms with E-state index in [2.05, 4.69) is 31.6 Å². The largest absolute Gasteiger partial charge is 0.287 e. The average molecular weight is 387 g/mol. The van der Waals surface area contributed by atoms with Gasteiger partial charge in [-0.3, -0.25) is 10.2 Å². The highest BCUT2D eigenvalue weighted by Crippen LogP contribution is 2.17. The summed E-state index contributed by atoms with van der Waals surface area (Å²) in [5.41, 5.74) is 4.28. The molecule has 0 saturated heterocycles. The van der Waals surface area contributed by atoms with Crippen molar-refractivity contribution in [3.63, 3.8) is 0 Å². The molecule has 0 radical (unpaired) electrons. The Balaban J connectivity index is 1.81. The molecule has 0 aliphatic rings. The van der Waals surface area contributed by atoms with Crippen molar-refractivity contribution in [2.45, 2.75) is 0 Å². The molecule has 1 heterocycles. The molecule has 0 atom stereocenters. The molecule has 1 N–H and O–H groups in total. The number of hydrogen-bond donors (Lipinski definition) is 1. The van der Waals surface area contributed by atoms with Gasteiger partial charge in [0.1, 0.15) is 10.3 Å². The van der Waals surface area contributed by atoms with Crippen LogP contribution in [0, 0.1) is 5.82 Å². The fraction of sp³-hybridized carbons (Fsp3) is 0. The van der Waals surface area contributed by atoms with Gasteiger partial charge in [-0.2, -0.15) is 14.9 Å². The van der Waals surface area contributed by atoms with Crippen molar-refractivity contribution in [3.8, 4) is 5.69 Å². The van der Waals surface area contributed by atoms with Gasteiger partial charge >= 0.3 is 0 Å². The third kappa shape index (κ3) is 3.57. The molecule has 1 aromatic heterocycles. The molecule has 0 spiro atoms. The van der Waals surface area contributed by atoms with Crippen molar-refractivity contribution in [3.05, 3.63) is 87.0 Å². The van der Waals surface area contributed by atoms with Gasteiger partial charge in [-0.1, -0.05) is 30.3 Å². The Labute approximate surface area is 145 Å². The van der Waals surface area contributed by atoms with Crippen molar-refractivity contribution in [1.29, 1.82) is 0 Å². The predicted octanol–water partition coefficient (Wildman–Crippen LogP) is 3.58. The van der Waals surface area contributed by atoms with Crippen LogP contribution in [-0.4, -0.2) is 16.0 Å². The summed E-state index contributed by atoms with van der Waals surface area (Å²) < 4.78 is 14.4. The number of nitrogens with one attached hydrogen (secondary N) is 1. The zero-order valence-electron chi connectivity index (χ0n) is 12.4. The maximum Gasteiger partial charge on any atom is 0.287 e. The molecule has 5 nitrogen and oxygen atoms in total. The molecule has 0 bridgehead atoms. The maximum absolute atomic E-state index is 12.8. The molecule has 0 saturated carbocycles. The molecular formula is C17H12BrFN4O. The second-order valence-electron chi connectivity index (χ2n) is 4.85. The Bertz CT molecular complexity index is 924. The first-order valence-corrected chi connectivity index (χ1v) is 7.82. The van der Waals surface area contributed by atoms with Crippen LogP contribution in [0.3, 0.4) is 0 Å². The van der Waals surface area contributed by atoms with Gasteiger partial charge < -0.3 is 0 Å². The van der Waals surface area contributed by atoms with E-state index >= 15 is 0 Å². The monoisotopic (exact) mass is 386 g/mol. The zero-order valence-corrected chi connectivity index (χ0v) is 13.9. The molecule has 3 aromatic rings. The second kappa shape index (κ2) is 7.18. The van der Waals surface area contributed by atoms with Gasteiger partial charge in [0, 0.05) is 0 Å². The number of halogens is 2. The molecular weight excluding hydrogens is 375 g/mol. The first kappa shape index (κ1) is 16.1. The van der Waals surface area contributed by atoms with E-state index in [9.17, 15) is 9.18 Å². The van der Waals surface area contributed by atoms with Gasteiger partial charge in [0.25, 0.3) is 5.56 Å². The van der Waals surface area contributed by atoms with Crippen molar-refractivity contribution in [1.82, 2.24) is 9.78 Å². The quantitative estimate of drug-likeness (QED) is 0.550. The van der Waals surface area contributed by atoms with Crippen LogP contribution in [0.4, 0.5) is 10.1 Å². The molecule has 0 unspecified atom stereocenters. The number of anilines is 1. The fourth-order valence-electron chi connectivity index (χ4n) is 1.99. The first-order chi connectivity index (χ1) is 11.6. The summed E-state index contributed by atoms with van der Waals surface area (Å²) in [5.74, 6) is -0.309. The van der Waals surface area contributed by atoms with Gasteiger partial charge in [-0.25, -0.2) is 4.39 Å². The van der Waals surface area contributed by atoms with Gasteiger partial charge in [0.15, 0.2) is 0 Å². The molecule has 3 rings (SSSR count). The lowest BCUT2D eigenvalue weighted by Gasteiger charge is -2.07. The van der Waals surface area contributed by atoms with E-state index < -0.39 is 0 Å². The third-order valence-electron chi connectivity index (χ3n) is 3.19. The molecule has 24 heavy (non-hydrogen) atoms. The number of aromatic nitrogens is 2. The van der Waals surface area contributed by atoms with E-state index in [0.717, 1.165) is 5.56 Å². The lowest BCUT2D eigenvalue weighted by Crippen LogP contribution is -2.22. The Morgan fingerprint density at radius 1 is 1.12 bits per heavy atom. The standard InChI is InChI=1S/C17H12BrFN4O/c18-16-15(22-20-10-12-6-8-13(19)9-7-12)11-21-23(17(16)24)14-4-2-1-3-5-14/h1-11,22H. The van der Waals surface area contributed by atoms with Crippen molar-refractivity contribution >= 4 is 27.8 Å². The van der Waals surface area contributed by atoms with Crippen molar-refractivity contribution in [2.24, 2.45) is 5.10 Å². The lowest BCUT2D eigenvalue weighted by molar-refractivity contribution is 0.628. The summed E-state index contributed by atoms with van der Waals surface area (Å²) >= 11 is 3.26. The van der Waals surface area contributed by atoms with E-state index in [1.807, 2.05) is 18.2 Å². The van der Waals surface area contributed by atoms with Crippen molar-refractivity contribution in [2.75, 3.05) is 5.43 Å². The SMILES string of the molecule is O=c1c(Br)c(NN=Cc2ccc(F)cc2)cnn1-c1ccccc1. The Hall–Kier alpha value is -2.80. The normalized spacial score (nSPS) is 10.9.